The van der Waals surface area contributed by atoms with Gasteiger partial charge in [-0.05, 0) is 6.07 Å². The first-order valence-electron chi connectivity index (χ1n) is 9.33. The topological polar surface area (TPSA) is 130 Å². The summed E-state index contributed by atoms with van der Waals surface area (Å²) in [5.74, 6) is -2.74. The van der Waals surface area contributed by atoms with Gasteiger partial charge in [0.25, 0.3) is 11.8 Å². The summed E-state index contributed by atoms with van der Waals surface area (Å²) in [4.78, 5) is 38.8. The lowest BCUT2D eigenvalue weighted by molar-refractivity contribution is -0.0206. The molecule has 10 nitrogen and oxygen atoms in total. The van der Waals surface area contributed by atoms with Crippen molar-refractivity contribution in [2.75, 3.05) is 27.4 Å². The van der Waals surface area contributed by atoms with E-state index in [1.165, 1.54) is 30.9 Å². The fraction of sp³-hybridized carbons (Fsp3) is 0.350. The van der Waals surface area contributed by atoms with Gasteiger partial charge in [-0.25, -0.2) is 4.39 Å². The molecule has 1 aromatic heterocycles. The molecule has 2 aromatic rings. The van der Waals surface area contributed by atoms with Crippen molar-refractivity contribution in [2.24, 2.45) is 0 Å². The molecule has 0 saturated heterocycles. The molecule has 1 unspecified atom stereocenters. The van der Waals surface area contributed by atoms with Crippen molar-refractivity contribution in [3.05, 3.63) is 57.3 Å². The number of hydrogen-bond acceptors (Lipinski definition) is 7. The van der Waals surface area contributed by atoms with E-state index in [4.69, 9.17) is 9.47 Å². The molecule has 0 bridgehead atoms. The fourth-order valence-corrected chi connectivity index (χ4v) is 3.30. The molecule has 2 heterocycles. The molecular formula is C20H22FN3O7. The second-order valence-electron chi connectivity index (χ2n) is 6.83. The maximum Gasteiger partial charge on any atom is 0.276 e. The molecule has 0 spiro atoms. The Balaban J connectivity index is 1.86. The van der Waals surface area contributed by atoms with Gasteiger partial charge in [0.05, 0.1) is 20.3 Å². The molecule has 0 radical (unpaired) electrons. The monoisotopic (exact) mass is 435 g/mol. The number of ether oxygens (including phenoxy) is 2. The number of pyridine rings is 1. The first-order chi connectivity index (χ1) is 14.8. The van der Waals surface area contributed by atoms with Crippen LogP contribution < -0.4 is 15.5 Å². The molecule has 0 fully saturated rings. The molecule has 1 aliphatic heterocycles. The van der Waals surface area contributed by atoms with E-state index in [0.29, 0.717) is 5.56 Å². The Morgan fingerprint density at radius 1 is 1.32 bits per heavy atom. The van der Waals surface area contributed by atoms with Crippen LogP contribution in [0.15, 0.2) is 29.2 Å². The largest absolute Gasteiger partial charge is 0.503 e. The Morgan fingerprint density at radius 3 is 2.74 bits per heavy atom. The van der Waals surface area contributed by atoms with Crippen LogP contribution in [0.5, 0.6) is 11.5 Å². The number of halogens is 1. The minimum Gasteiger partial charge on any atom is -0.503 e. The summed E-state index contributed by atoms with van der Waals surface area (Å²) in [6.07, 6.45) is -0.111. The Morgan fingerprint density at radius 2 is 2.06 bits per heavy atom. The molecule has 1 aromatic carbocycles. The molecule has 3 N–H and O–H groups in total. The zero-order valence-corrected chi connectivity index (χ0v) is 16.9. The lowest BCUT2D eigenvalue weighted by Gasteiger charge is -2.34. The van der Waals surface area contributed by atoms with E-state index in [9.17, 15) is 29.0 Å². The van der Waals surface area contributed by atoms with Gasteiger partial charge in [-0.3, -0.25) is 14.4 Å². The van der Waals surface area contributed by atoms with Gasteiger partial charge in [-0.15, -0.1) is 0 Å². The summed E-state index contributed by atoms with van der Waals surface area (Å²) in [6, 6.07) is 3.78. The summed E-state index contributed by atoms with van der Waals surface area (Å²) < 4.78 is 24.5. The maximum atomic E-state index is 13.3. The van der Waals surface area contributed by atoms with Crippen molar-refractivity contribution >= 4 is 11.8 Å². The third-order valence-corrected chi connectivity index (χ3v) is 4.91. The van der Waals surface area contributed by atoms with Crippen LogP contribution in [0.3, 0.4) is 0 Å². The van der Waals surface area contributed by atoms with E-state index in [0.717, 1.165) is 17.2 Å². The van der Waals surface area contributed by atoms with Crippen molar-refractivity contribution in [1.29, 1.82) is 0 Å². The number of nitrogens with zero attached hydrogens (tertiary/aromatic N) is 2. The fourth-order valence-electron chi connectivity index (χ4n) is 3.30. The number of amides is 2. The number of aromatic nitrogens is 1. The number of carbonyl (C=O) groups is 2. The van der Waals surface area contributed by atoms with Gasteiger partial charge >= 0.3 is 0 Å². The van der Waals surface area contributed by atoms with E-state index < -0.39 is 40.6 Å². The van der Waals surface area contributed by atoms with Crippen LogP contribution in [0.2, 0.25) is 0 Å². The number of methoxy groups -OCH3 is 2. The average molecular weight is 435 g/mol. The average Bonchev–Trinajstić information content (AvgIpc) is 2.74. The third kappa shape index (κ3) is 4.37. The molecule has 1 aliphatic rings. The highest BCUT2D eigenvalue weighted by atomic mass is 19.1. The Hall–Kier alpha value is -3.44. The molecule has 3 rings (SSSR count). The van der Waals surface area contributed by atoms with Gasteiger partial charge in [0.2, 0.25) is 5.43 Å². The number of aromatic hydroxyl groups is 1. The zero-order valence-electron chi connectivity index (χ0n) is 16.9. The third-order valence-electron chi connectivity index (χ3n) is 4.91. The number of benzene rings is 1. The van der Waals surface area contributed by atoms with Gasteiger partial charge in [0, 0.05) is 38.0 Å². The maximum absolute atomic E-state index is 13.3. The molecule has 166 valence electrons. The van der Waals surface area contributed by atoms with Crippen LogP contribution in [-0.4, -0.2) is 65.1 Å². The highest BCUT2D eigenvalue weighted by Gasteiger charge is 2.35. The van der Waals surface area contributed by atoms with Crippen LogP contribution >= 0.6 is 0 Å². The van der Waals surface area contributed by atoms with E-state index in [2.05, 4.69) is 5.32 Å². The van der Waals surface area contributed by atoms with Crippen molar-refractivity contribution in [3.63, 3.8) is 0 Å². The summed E-state index contributed by atoms with van der Waals surface area (Å²) >= 11 is 0. The standard InChI is InChI=1S/C20H22FN3O7/c1-30-6-5-24-15(25)10-23-9-13(17(26)18(27)16(23)20(24)29)19(28)22-8-11-3-4-12(21)7-14(11)31-2/h3-4,7,9,15,25,27H,5-6,8,10H2,1-2H3,(H,22,28). The minimum absolute atomic E-state index is 0.0614. The van der Waals surface area contributed by atoms with E-state index >= 15 is 0 Å². The molecule has 11 heteroatoms. The van der Waals surface area contributed by atoms with E-state index in [-0.39, 0.29) is 37.7 Å². The van der Waals surface area contributed by atoms with E-state index in [1.807, 2.05) is 0 Å². The smallest absolute Gasteiger partial charge is 0.276 e. The number of nitrogens with one attached hydrogen (secondary N) is 1. The van der Waals surface area contributed by atoms with Crippen LogP contribution in [-0.2, 0) is 17.8 Å². The van der Waals surface area contributed by atoms with Crippen LogP contribution in [0, 0.1) is 5.82 Å². The SMILES string of the molecule is COCCN1C(=O)c2c(O)c(=O)c(C(=O)NCc3ccc(F)cc3OC)cn2CC1O. The van der Waals surface area contributed by atoms with E-state index in [1.54, 1.807) is 0 Å². The minimum atomic E-state index is -1.23. The van der Waals surface area contributed by atoms with Gasteiger partial charge < -0.3 is 34.5 Å². The summed E-state index contributed by atoms with van der Waals surface area (Å²) in [6.45, 7) is -0.00567. The second-order valence-corrected chi connectivity index (χ2v) is 6.83. The number of rotatable bonds is 7. The summed E-state index contributed by atoms with van der Waals surface area (Å²) in [5, 5.41) is 23.1. The van der Waals surface area contributed by atoms with Crippen molar-refractivity contribution < 1.29 is 33.7 Å². The first-order valence-corrected chi connectivity index (χ1v) is 9.33. The van der Waals surface area contributed by atoms with Gasteiger partial charge in [-0.2, -0.15) is 0 Å². The quantitative estimate of drug-likeness (QED) is 0.560. The Bertz CT molecular complexity index is 1070. The Labute approximate surface area is 176 Å². The number of fused-ring (bicyclic) bond motifs is 1. The molecular weight excluding hydrogens is 413 g/mol. The Kier molecular flexibility index (Phi) is 6.56. The first kappa shape index (κ1) is 22.2. The van der Waals surface area contributed by atoms with Crippen molar-refractivity contribution in [3.8, 4) is 11.5 Å². The number of aliphatic hydroxyl groups is 1. The molecule has 2 amide bonds. The van der Waals surface area contributed by atoms with Gasteiger partial charge in [0.15, 0.2) is 11.4 Å². The highest BCUT2D eigenvalue weighted by Crippen LogP contribution is 2.23. The van der Waals surface area contributed by atoms with Crippen LogP contribution in [0.4, 0.5) is 4.39 Å². The van der Waals surface area contributed by atoms with Gasteiger partial charge in [0.1, 0.15) is 23.4 Å². The van der Waals surface area contributed by atoms with Crippen LogP contribution in [0.25, 0.3) is 0 Å². The summed E-state index contributed by atoms with van der Waals surface area (Å²) in [5.41, 5.74) is -1.28. The summed E-state index contributed by atoms with van der Waals surface area (Å²) in [7, 11) is 2.79. The number of hydrogen-bond donors (Lipinski definition) is 3. The molecule has 1 atom stereocenters. The van der Waals surface area contributed by atoms with Crippen LogP contribution in [0.1, 0.15) is 26.4 Å². The normalized spacial score (nSPS) is 15.5. The number of aliphatic hydroxyl groups excluding tert-OH is 1. The highest BCUT2D eigenvalue weighted by molar-refractivity contribution is 5.99. The van der Waals surface area contributed by atoms with Gasteiger partial charge in [-0.1, -0.05) is 6.07 Å². The van der Waals surface area contributed by atoms with Crippen molar-refractivity contribution in [2.45, 2.75) is 19.3 Å². The predicted octanol–water partition coefficient (Wildman–Crippen LogP) is 0.0522. The number of carbonyl (C=O) groups excluding carboxylic acids is 2. The predicted molar refractivity (Wildman–Crippen MR) is 105 cm³/mol. The second kappa shape index (κ2) is 9.14. The molecule has 0 saturated carbocycles. The molecule has 0 aliphatic carbocycles. The lowest BCUT2D eigenvalue weighted by atomic mass is 10.1. The molecule has 31 heavy (non-hydrogen) atoms. The van der Waals surface area contributed by atoms with Crippen molar-refractivity contribution in [1.82, 2.24) is 14.8 Å². The zero-order chi connectivity index (χ0) is 22.7. The lowest BCUT2D eigenvalue weighted by Crippen LogP contribution is -2.50.